The minimum absolute atomic E-state index is 0.0529. The molecule has 1 rings (SSSR count). The lowest BCUT2D eigenvalue weighted by atomic mass is 10.1. The van der Waals surface area contributed by atoms with Gasteiger partial charge in [0.1, 0.15) is 0 Å². The van der Waals surface area contributed by atoms with E-state index in [1.165, 1.54) is 0 Å². The largest absolute Gasteiger partial charge is 0.356 e. The number of carbonyl (C=O) groups is 1. The number of hydrogen-bond donors (Lipinski definition) is 2. The summed E-state index contributed by atoms with van der Waals surface area (Å²) < 4.78 is 0. The monoisotopic (exact) mass is 293 g/mol. The van der Waals surface area contributed by atoms with Crippen molar-refractivity contribution in [1.82, 2.24) is 10.6 Å². The lowest BCUT2D eigenvalue weighted by molar-refractivity contribution is -0.121. The van der Waals surface area contributed by atoms with E-state index in [0.29, 0.717) is 42.6 Å². The third-order valence-electron chi connectivity index (χ3n) is 2.73. The molecule has 0 aliphatic rings. The third-order valence-corrected chi connectivity index (χ3v) is 3.09. The summed E-state index contributed by atoms with van der Waals surface area (Å²) in [7, 11) is 0. The summed E-state index contributed by atoms with van der Waals surface area (Å²) in [6, 6.07) is 7.25. The van der Waals surface area contributed by atoms with Crippen molar-refractivity contribution in [2.45, 2.75) is 26.8 Å². The Kier molecular flexibility index (Phi) is 7.06. The number of carbonyl (C=O) groups excluding carboxylic acids is 1. The number of benzene rings is 1. The highest BCUT2D eigenvalue weighted by Gasteiger charge is 2.04. The van der Waals surface area contributed by atoms with Crippen LogP contribution >= 0.6 is 11.6 Å². The van der Waals surface area contributed by atoms with Crippen LogP contribution in [0.2, 0.25) is 5.02 Å². The van der Waals surface area contributed by atoms with Crippen molar-refractivity contribution in [1.29, 1.82) is 5.26 Å². The van der Waals surface area contributed by atoms with Crippen molar-refractivity contribution in [2.75, 3.05) is 13.1 Å². The van der Waals surface area contributed by atoms with Gasteiger partial charge in [-0.25, -0.2) is 0 Å². The van der Waals surface area contributed by atoms with E-state index in [1.807, 2.05) is 12.1 Å². The number of nitriles is 1. The highest BCUT2D eigenvalue weighted by molar-refractivity contribution is 6.31. The Balaban J connectivity index is 2.28. The molecule has 0 aliphatic heterocycles. The minimum Gasteiger partial charge on any atom is -0.356 e. The van der Waals surface area contributed by atoms with Gasteiger partial charge in [-0.05, 0) is 23.6 Å². The Morgan fingerprint density at radius 2 is 2.20 bits per heavy atom. The fourth-order valence-electron chi connectivity index (χ4n) is 1.59. The first kappa shape index (κ1) is 16.5. The molecule has 0 unspecified atom stereocenters. The van der Waals surface area contributed by atoms with E-state index in [1.54, 1.807) is 12.1 Å². The molecule has 4 nitrogen and oxygen atoms in total. The van der Waals surface area contributed by atoms with E-state index in [4.69, 9.17) is 16.9 Å². The molecule has 1 amide bonds. The van der Waals surface area contributed by atoms with Gasteiger partial charge in [-0.1, -0.05) is 31.5 Å². The smallest absolute Gasteiger partial charge is 0.221 e. The molecule has 0 saturated carbocycles. The first-order valence-electron chi connectivity index (χ1n) is 6.69. The second kappa shape index (κ2) is 8.57. The lowest BCUT2D eigenvalue weighted by Crippen LogP contribution is -2.30. The molecule has 0 heterocycles. The summed E-state index contributed by atoms with van der Waals surface area (Å²) in [6.45, 7) is 6.01. The number of rotatable bonds is 7. The van der Waals surface area contributed by atoms with E-state index in [2.05, 4.69) is 24.5 Å². The molecule has 0 fully saturated rings. The topological polar surface area (TPSA) is 64.9 Å². The maximum Gasteiger partial charge on any atom is 0.221 e. The highest BCUT2D eigenvalue weighted by Crippen LogP contribution is 2.17. The molecule has 0 saturated heterocycles. The second-order valence-corrected chi connectivity index (χ2v) is 5.45. The summed E-state index contributed by atoms with van der Waals surface area (Å²) in [5.41, 5.74) is 1.47. The molecule has 20 heavy (non-hydrogen) atoms. The highest BCUT2D eigenvalue weighted by atomic mass is 35.5. The summed E-state index contributed by atoms with van der Waals surface area (Å²) in [5.74, 6) is 0.515. The zero-order valence-corrected chi connectivity index (χ0v) is 12.6. The minimum atomic E-state index is 0.0529. The van der Waals surface area contributed by atoms with Crippen molar-refractivity contribution in [3.63, 3.8) is 0 Å². The first-order chi connectivity index (χ1) is 9.52. The van der Waals surface area contributed by atoms with Gasteiger partial charge in [-0.3, -0.25) is 4.79 Å². The lowest BCUT2D eigenvalue weighted by Gasteiger charge is -2.09. The fraction of sp³-hybridized carbons (Fsp3) is 0.467. The van der Waals surface area contributed by atoms with Gasteiger partial charge in [0.25, 0.3) is 0 Å². The van der Waals surface area contributed by atoms with E-state index in [9.17, 15) is 4.79 Å². The van der Waals surface area contributed by atoms with Gasteiger partial charge in [-0.15, -0.1) is 0 Å². The van der Waals surface area contributed by atoms with Crippen LogP contribution in [0.15, 0.2) is 18.2 Å². The SMILES string of the molecule is CC(C)CNC(=O)CCNCc1ccc(C#N)cc1Cl. The quantitative estimate of drug-likeness (QED) is 0.759. The van der Waals surface area contributed by atoms with Crippen LogP contribution in [0.1, 0.15) is 31.4 Å². The maximum atomic E-state index is 11.5. The Morgan fingerprint density at radius 1 is 1.45 bits per heavy atom. The summed E-state index contributed by atoms with van der Waals surface area (Å²) in [5, 5.41) is 15.4. The standard InChI is InChI=1S/C15H20ClN3O/c1-11(2)9-19-15(20)5-6-18-10-13-4-3-12(8-17)7-14(13)16/h3-4,7,11,18H,5-6,9-10H2,1-2H3,(H,19,20). The van der Waals surface area contributed by atoms with Crippen LogP contribution in [-0.2, 0) is 11.3 Å². The number of halogens is 1. The van der Waals surface area contributed by atoms with Crippen LogP contribution in [0.5, 0.6) is 0 Å². The van der Waals surface area contributed by atoms with Crippen molar-refractivity contribution in [3.8, 4) is 6.07 Å². The van der Waals surface area contributed by atoms with Crippen LogP contribution in [0.3, 0.4) is 0 Å². The van der Waals surface area contributed by atoms with Gasteiger partial charge in [0.05, 0.1) is 11.6 Å². The summed E-state index contributed by atoms with van der Waals surface area (Å²) in [4.78, 5) is 11.5. The van der Waals surface area contributed by atoms with E-state index < -0.39 is 0 Å². The maximum absolute atomic E-state index is 11.5. The number of hydrogen-bond acceptors (Lipinski definition) is 3. The molecule has 108 valence electrons. The number of amides is 1. The van der Waals surface area contributed by atoms with Crippen LogP contribution < -0.4 is 10.6 Å². The predicted octanol–water partition coefficient (Wildman–Crippen LogP) is 2.46. The van der Waals surface area contributed by atoms with E-state index in [0.717, 1.165) is 5.56 Å². The van der Waals surface area contributed by atoms with Crippen LogP contribution in [0.25, 0.3) is 0 Å². The molecule has 0 atom stereocenters. The molecule has 0 aromatic heterocycles. The average molecular weight is 294 g/mol. The van der Waals surface area contributed by atoms with Crippen molar-refractivity contribution in [2.24, 2.45) is 5.92 Å². The Hall–Kier alpha value is -1.57. The van der Waals surface area contributed by atoms with Gasteiger partial charge >= 0.3 is 0 Å². The third kappa shape index (κ3) is 6.05. The Morgan fingerprint density at radius 3 is 2.80 bits per heavy atom. The van der Waals surface area contributed by atoms with Gasteiger partial charge in [-0.2, -0.15) is 5.26 Å². The molecule has 1 aromatic carbocycles. The molecular formula is C15H20ClN3O. The van der Waals surface area contributed by atoms with Crippen molar-refractivity contribution >= 4 is 17.5 Å². The average Bonchev–Trinajstić information content (AvgIpc) is 2.42. The van der Waals surface area contributed by atoms with Gasteiger partial charge in [0, 0.05) is 31.1 Å². The molecule has 0 aliphatic carbocycles. The second-order valence-electron chi connectivity index (χ2n) is 5.04. The predicted molar refractivity (Wildman–Crippen MR) is 80.3 cm³/mol. The summed E-state index contributed by atoms with van der Waals surface area (Å²) in [6.07, 6.45) is 0.445. The van der Waals surface area contributed by atoms with Gasteiger partial charge < -0.3 is 10.6 Å². The molecule has 0 spiro atoms. The van der Waals surface area contributed by atoms with E-state index in [-0.39, 0.29) is 5.91 Å². The van der Waals surface area contributed by atoms with Crippen LogP contribution in [0, 0.1) is 17.2 Å². The number of nitrogens with zero attached hydrogens (tertiary/aromatic N) is 1. The van der Waals surface area contributed by atoms with Crippen molar-refractivity contribution < 1.29 is 4.79 Å². The molecule has 5 heteroatoms. The van der Waals surface area contributed by atoms with Crippen LogP contribution in [0.4, 0.5) is 0 Å². The molecule has 1 aromatic rings. The summed E-state index contributed by atoms with van der Waals surface area (Å²) >= 11 is 6.06. The van der Waals surface area contributed by atoms with Crippen LogP contribution in [-0.4, -0.2) is 19.0 Å². The van der Waals surface area contributed by atoms with Gasteiger partial charge in [0.15, 0.2) is 0 Å². The van der Waals surface area contributed by atoms with E-state index >= 15 is 0 Å². The molecule has 0 radical (unpaired) electrons. The van der Waals surface area contributed by atoms with Gasteiger partial charge in [0.2, 0.25) is 5.91 Å². The molecular weight excluding hydrogens is 274 g/mol. The van der Waals surface area contributed by atoms with Crippen molar-refractivity contribution in [3.05, 3.63) is 34.3 Å². The normalized spacial score (nSPS) is 10.3. The Labute approximate surface area is 125 Å². The zero-order valence-electron chi connectivity index (χ0n) is 11.9. The zero-order chi connectivity index (χ0) is 15.0. The fourth-order valence-corrected chi connectivity index (χ4v) is 1.84. The Bertz CT molecular complexity index is 494. The first-order valence-corrected chi connectivity index (χ1v) is 7.06. The molecule has 2 N–H and O–H groups in total. The number of nitrogens with one attached hydrogen (secondary N) is 2. The molecule has 0 bridgehead atoms.